The largest absolute Gasteiger partial charge is 0.493 e. The molecule has 18 rings (SSSR count). The van der Waals surface area contributed by atoms with Gasteiger partial charge in [0.25, 0.3) is 43.2 Å². The number of anilines is 2. The summed E-state index contributed by atoms with van der Waals surface area (Å²) in [5.41, 5.74) is 11.2. The molecule has 2 amide bonds. The third-order valence-corrected chi connectivity index (χ3v) is 31.1. The van der Waals surface area contributed by atoms with E-state index >= 15 is 0 Å². The van der Waals surface area contributed by atoms with Crippen molar-refractivity contribution in [3.63, 3.8) is 0 Å². The molecule has 0 radical (unpaired) electrons. The minimum atomic E-state index is -4.68. The number of nitrogens with zero attached hydrogens (tertiary/aromatic N) is 11. The lowest BCUT2D eigenvalue weighted by Crippen LogP contribution is -2.50. The lowest BCUT2D eigenvalue weighted by Gasteiger charge is -2.39. The molecule has 4 fully saturated rings. The number of nitro benzene ring substituents is 2. The number of hydrogen-bond acceptors (Lipinski definition) is 24. The van der Waals surface area contributed by atoms with Gasteiger partial charge in [-0.25, -0.2) is 44.7 Å². The number of aromatic nitrogens is 4. The monoisotopic (exact) mass is 1890 g/mol. The lowest BCUT2D eigenvalue weighted by molar-refractivity contribution is -0.386. The molecule has 0 spiro atoms. The second-order valence-electron chi connectivity index (χ2n) is 37.4. The fraction of sp³-hybridized carbons (Fsp3) is 0.417. The lowest BCUT2D eigenvalue weighted by atomic mass is 9.72. The topological polar surface area (TPSA) is 364 Å². The Bertz CT molecular complexity index is 6480. The van der Waals surface area contributed by atoms with Gasteiger partial charge in [0.05, 0.1) is 73.8 Å². The number of fused-ring (bicyclic) bond motifs is 4. The van der Waals surface area contributed by atoms with Gasteiger partial charge < -0.3 is 48.5 Å². The van der Waals surface area contributed by atoms with Crippen molar-refractivity contribution < 1.29 is 63.6 Å². The number of piperidine rings is 1. The molecule has 10 aromatic rings. The first-order chi connectivity index (χ1) is 63.1. The minimum Gasteiger partial charge on any atom is -0.493 e. The first-order valence-corrected chi connectivity index (χ1v) is 50.5. The summed E-state index contributed by atoms with van der Waals surface area (Å²) in [6, 6.07) is 38.1. The van der Waals surface area contributed by atoms with Crippen LogP contribution >= 0.6 is 23.2 Å². The molecule has 8 aliphatic rings. The van der Waals surface area contributed by atoms with Gasteiger partial charge in [0.1, 0.15) is 45.8 Å². The number of halogens is 2. The van der Waals surface area contributed by atoms with Gasteiger partial charge in [-0.05, 0) is 183 Å². The fourth-order valence-electron chi connectivity index (χ4n) is 19.4. The normalized spacial score (nSPS) is 19.6. The van der Waals surface area contributed by atoms with Crippen LogP contribution in [0.1, 0.15) is 128 Å². The van der Waals surface area contributed by atoms with Crippen LogP contribution < -0.4 is 38.2 Å². The van der Waals surface area contributed by atoms with Crippen molar-refractivity contribution in [2.75, 3.05) is 147 Å². The van der Waals surface area contributed by atoms with Crippen LogP contribution in [0.15, 0.2) is 179 Å². The number of allylic oxidation sites excluding steroid dienone is 2. The maximum atomic E-state index is 14.1. The third-order valence-electron chi connectivity index (χ3n) is 26.7. The molecule has 6 aliphatic heterocycles. The predicted molar refractivity (Wildman–Crippen MR) is 509 cm³/mol. The molecular formula is C96H109Cl2N15O16S3. The average molecular weight is 1900 g/mol. The van der Waals surface area contributed by atoms with E-state index in [-0.39, 0.29) is 81.1 Å². The van der Waals surface area contributed by atoms with Crippen LogP contribution in [0.4, 0.5) is 22.7 Å². The van der Waals surface area contributed by atoms with E-state index in [1.165, 1.54) is 81.0 Å². The van der Waals surface area contributed by atoms with E-state index in [2.05, 4.69) is 111 Å². The Kier molecular flexibility index (Phi) is 27.3. The van der Waals surface area contributed by atoms with E-state index in [1.807, 2.05) is 36.4 Å². The van der Waals surface area contributed by atoms with Gasteiger partial charge in [-0.3, -0.25) is 39.6 Å². The number of nitrogens with one attached hydrogen (secondary N) is 4. The van der Waals surface area contributed by atoms with Gasteiger partial charge in [-0.15, -0.1) is 0 Å². The summed E-state index contributed by atoms with van der Waals surface area (Å²) < 4.78 is 110. The SMILES string of the molecule is CC1(C)CCC(CN2CCN(c3ccc(C(=O)NS(=O)(=O)c4cc5c(c([N+](=O)[O-])c4)C[C@@H](CN4CCCCC4)CO5)c(Oc4cnc5[nH]ccc5c4)c3)CC2)=C(c2ccc(Cl)cc2)C1.CC1(C)CCC(CN2CCN(c3ccc(C(=O)NS(=O)(=O)c4cc5c(c([N+](=O)[O-])c4)C[C@H](CN4CCN(S(C)(=O)=O)CC4)CO5)c(Oc4cnc5[nH]ccc5c4)c3)CC2)=C(c2ccc(Cl)cc2)C1. The molecule has 2 atom stereocenters. The smallest absolute Gasteiger partial charge is 0.277 e. The van der Waals surface area contributed by atoms with E-state index in [9.17, 15) is 55.1 Å². The van der Waals surface area contributed by atoms with Crippen LogP contribution in [0.5, 0.6) is 34.5 Å². The maximum Gasteiger partial charge on any atom is 0.277 e. The summed E-state index contributed by atoms with van der Waals surface area (Å²) in [5.74, 6) is -0.978. The molecule has 4 aromatic heterocycles. The number of piperazine rings is 3. The van der Waals surface area contributed by atoms with Crippen LogP contribution in [-0.2, 0) is 42.9 Å². The van der Waals surface area contributed by atoms with Crippen LogP contribution in [0, 0.1) is 42.9 Å². The van der Waals surface area contributed by atoms with Gasteiger partial charge in [0.2, 0.25) is 10.0 Å². The quantitative estimate of drug-likeness (QED) is 0.0305. The minimum absolute atomic E-state index is 0.0332. The molecule has 0 bridgehead atoms. The molecule has 31 nitrogen and oxygen atoms in total. The second kappa shape index (κ2) is 38.9. The van der Waals surface area contributed by atoms with E-state index in [1.54, 1.807) is 54.9 Å². The Balaban J connectivity index is 0.000000185. The molecular weight excluding hydrogens is 1790 g/mol. The average Bonchev–Trinajstić information content (AvgIpc) is 0.913. The van der Waals surface area contributed by atoms with E-state index in [4.69, 9.17) is 42.1 Å². The number of benzene rings is 6. The molecule has 6 aromatic carbocycles. The Labute approximate surface area is 778 Å². The fourth-order valence-corrected chi connectivity index (χ4v) is 22.5. The van der Waals surface area contributed by atoms with Gasteiger partial charge in [0, 0.05) is 198 Å². The number of nitro groups is 2. The molecule has 696 valence electrons. The number of pyridine rings is 2. The van der Waals surface area contributed by atoms with Crippen molar-refractivity contribution in [1.82, 2.24) is 53.3 Å². The molecule has 132 heavy (non-hydrogen) atoms. The highest BCUT2D eigenvalue weighted by Crippen LogP contribution is 2.48. The number of aromatic amines is 2. The number of carbonyl (C=O) groups excluding carboxylic acids is 2. The zero-order valence-electron chi connectivity index (χ0n) is 74.5. The summed E-state index contributed by atoms with van der Waals surface area (Å²) in [6.07, 6.45) is 18.2. The molecule has 0 unspecified atom stereocenters. The predicted octanol–water partition coefficient (Wildman–Crippen LogP) is 15.8. The zero-order chi connectivity index (χ0) is 92.5. The van der Waals surface area contributed by atoms with Crippen molar-refractivity contribution in [1.29, 1.82) is 0 Å². The Morgan fingerprint density at radius 3 is 1.31 bits per heavy atom. The Morgan fingerprint density at radius 2 is 0.909 bits per heavy atom. The second-order valence-corrected chi connectivity index (χ2v) is 43.7. The van der Waals surface area contributed by atoms with Crippen molar-refractivity contribution in [3.05, 3.63) is 233 Å². The number of hydrogen-bond donors (Lipinski definition) is 4. The Hall–Kier alpha value is -11.1. The van der Waals surface area contributed by atoms with Gasteiger partial charge in [-0.2, -0.15) is 4.31 Å². The van der Waals surface area contributed by atoms with E-state index < -0.39 is 67.2 Å². The molecule has 36 heteroatoms. The van der Waals surface area contributed by atoms with Crippen molar-refractivity contribution >= 4 is 121 Å². The van der Waals surface area contributed by atoms with E-state index in [0.29, 0.717) is 87.2 Å². The summed E-state index contributed by atoms with van der Waals surface area (Å²) in [5, 5.41) is 27.8. The highest BCUT2D eigenvalue weighted by Gasteiger charge is 2.39. The molecule has 0 saturated carbocycles. The van der Waals surface area contributed by atoms with Crippen molar-refractivity contribution in [3.8, 4) is 34.5 Å². The highest BCUT2D eigenvalue weighted by atomic mass is 35.5. The standard InChI is InChI=1S/C48H55ClN8O9S2.C48H54ClN7O7S/c1-48(2)12-10-35(42(27-48)33-4-6-36(49)7-5-33)30-54-14-18-55(19-15-54)37-8-9-40(45(24-37)66-38-23-34-11-13-50-46(34)51-28-38)47(58)52-68(63,64)39-25-43(57(59)60)41-22-32(31-65-44(41)26-39)29-53-16-20-56(21-17-53)67(3,61)62;1-48(2)14-12-35(42(27-48)33-6-8-36(49)9-7-33)30-54-18-20-55(21-19-54)37-10-11-40(45(24-37)63-38-23-34-13-15-50-46(34)51-28-38)47(57)52-64(60,61)39-25-43(56(58)59)41-22-32(31-62-44(41)26-39)29-53-16-4-3-5-17-53/h4-9,11,13,23-26,28,32H,10,12,14-22,27,29-31H2,1-3H3,(H,50,51)(H,52,58);6-11,13,15,23-26,28,32H,3-5,12,14,16-22,27,29-31H2,1-2H3,(H,50,51)(H,52,57)/t2*32-/m10/s1. The van der Waals surface area contributed by atoms with Crippen molar-refractivity contribution in [2.45, 2.75) is 108 Å². The number of carbonyl (C=O) groups is 2. The summed E-state index contributed by atoms with van der Waals surface area (Å²) in [7, 11) is -12.6. The number of ether oxygens (including phenoxy) is 4. The molecule has 2 aliphatic carbocycles. The molecule has 10 heterocycles. The van der Waals surface area contributed by atoms with Gasteiger partial charge >= 0.3 is 0 Å². The van der Waals surface area contributed by atoms with Crippen molar-refractivity contribution in [2.24, 2.45) is 22.7 Å². The number of H-pyrrole nitrogens is 2. The first kappa shape index (κ1) is 92.8. The van der Waals surface area contributed by atoms with Gasteiger partial charge in [-0.1, -0.05) is 92.7 Å². The third kappa shape index (κ3) is 21.9. The van der Waals surface area contributed by atoms with Crippen LogP contribution in [0.25, 0.3) is 33.2 Å². The Morgan fingerprint density at radius 1 is 0.508 bits per heavy atom. The van der Waals surface area contributed by atoms with E-state index in [0.717, 1.165) is 168 Å². The molecule has 4 saturated heterocycles. The number of likely N-dealkylation sites (tertiary alicyclic amines) is 1. The van der Waals surface area contributed by atoms with Crippen LogP contribution in [0.3, 0.4) is 0 Å². The summed E-state index contributed by atoms with van der Waals surface area (Å²) >= 11 is 12.5. The van der Waals surface area contributed by atoms with Crippen LogP contribution in [-0.4, -0.2) is 228 Å². The molecule has 4 N–H and O–H groups in total. The van der Waals surface area contributed by atoms with Gasteiger partial charge in [0.15, 0.2) is 0 Å². The highest BCUT2D eigenvalue weighted by molar-refractivity contribution is 7.90. The first-order valence-electron chi connectivity index (χ1n) is 44.9. The number of rotatable bonds is 25. The van der Waals surface area contributed by atoms with Crippen LogP contribution in [0.2, 0.25) is 10.0 Å². The summed E-state index contributed by atoms with van der Waals surface area (Å²) in [4.78, 5) is 79.6. The maximum absolute atomic E-state index is 14.1. The summed E-state index contributed by atoms with van der Waals surface area (Å²) in [6.45, 7) is 22.6. The number of sulfonamides is 3. The number of amides is 2. The zero-order valence-corrected chi connectivity index (χ0v) is 78.5.